The number of carbonyl (C=O) groups excluding carboxylic acids is 1. The Bertz CT molecular complexity index is 507. The highest BCUT2D eigenvalue weighted by atomic mass is 127. The fourth-order valence-corrected chi connectivity index (χ4v) is 2.05. The Hall–Kier alpha value is -1.11. The van der Waals surface area contributed by atoms with Crippen LogP contribution in [0, 0.1) is 3.57 Å². The molecule has 2 aromatic heterocycles. The van der Waals surface area contributed by atoms with Crippen LogP contribution in [0.4, 0.5) is 0 Å². The van der Waals surface area contributed by atoms with E-state index in [9.17, 15) is 4.79 Å². The zero-order valence-electron chi connectivity index (χ0n) is 8.11. The van der Waals surface area contributed by atoms with Crippen LogP contribution in [0.25, 0.3) is 5.52 Å². The monoisotopic (exact) mass is 316 g/mol. The summed E-state index contributed by atoms with van der Waals surface area (Å²) in [6.07, 6.45) is 1.81. The lowest BCUT2D eigenvalue weighted by Crippen LogP contribution is -2.06. The van der Waals surface area contributed by atoms with E-state index in [2.05, 4.69) is 27.7 Å². The quantitative estimate of drug-likeness (QED) is 0.630. The largest absolute Gasteiger partial charge is 0.461 e. The van der Waals surface area contributed by atoms with E-state index in [1.165, 1.54) is 0 Å². The molecule has 0 saturated heterocycles. The first-order valence-corrected chi connectivity index (χ1v) is 5.62. The second-order valence-corrected chi connectivity index (χ2v) is 3.99. The molecule has 0 atom stereocenters. The fraction of sp³-hybridized carbons (Fsp3) is 0.200. The molecule has 0 spiro atoms. The molecule has 0 N–H and O–H groups in total. The van der Waals surface area contributed by atoms with Crippen molar-refractivity contribution < 1.29 is 9.53 Å². The lowest BCUT2D eigenvalue weighted by atomic mass is 10.3. The van der Waals surface area contributed by atoms with Crippen molar-refractivity contribution >= 4 is 34.1 Å². The van der Waals surface area contributed by atoms with Crippen LogP contribution in [0.3, 0.4) is 0 Å². The normalized spacial score (nSPS) is 10.5. The smallest absolute Gasteiger partial charge is 0.359 e. The van der Waals surface area contributed by atoms with E-state index in [4.69, 9.17) is 4.74 Å². The molecule has 78 valence electrons. The van der Waals surface area contributed by atoms with Gasteiger partial charge in [-0.25, -0.2) is 9.31 Å². The van der Waals surface area contributed by atoms with Gasteiger partial charge in [0.15, 0.2) is 5.69 Å². The number of rotatable bonds is 2. The van der Waals surface area contributed by atoms with Gasteiger partial charge in [-0.05, 0) is 41.6 Å². The minimum absolute atomic E-state index is 0.364. The van der Waals surface area contributed by atoms with Gasteiger partial charge in [-0.2, -0.15) is 5.10 Å². The van der Waals surface area contributed by atoms with E-state index in [-0.39, 0.29) is 5.97 Å². The maximum Gasteiger partial charge on any atom is 0.359 e. The molecule has 0 bridgehead atoms. The van der Waals surface area contributed by atoms with E-state index < -0.39 is 0 Å². The summed E-state index contributed by atoms with van der Waals surface area (Å²) in [7, 11) is 0. The molecule has 0 saturated carbocycles. The Morgan fingerprint density at radius 1 is 1.60 bits per heavy atom. The molecule has 0 unspecified atom stereocenters. The summed E-state index contributed by atoms with van der Waals surface area (Å²) in [6, 6.07) is 5.69. The van der Waals surface area contributed by atoms with Gasteiger partial charge in [0.1, 0.15) is 0 Å². The number of hydrogen-bond acceptors (Lipinski definition) is 3. The molecule has 5 heteroatoms. The highest BCUT2D eigenvalue weighted by Gasteiger charge is 2.17. The molecule has 2 aromatic rings. The summed E-state index contributed by atoms with van der Waals surface area (Å²) in [5.41, 5.74) is 1.30. The molecule has 0 amide bonds. The predicted octanol–water partition coefficient (Wildman–Crippen LogP) is 2.12. The number of ether oxygens (including phenoxy) is 1. The average molecular weight is 316 g/mol. The van der Waals surface area contributed by atoms with E-state index in [0.717, 1.165) is 9.09 Å². The fourth-order valence-electron chi connectivity index (χ4n) is 1.30. The van der Waals surface area contributed by atoms with Crippen molar-refractivity contribution in [3.05, 3.63) is 33.7 Å². The molecule has 15 heavy (non-hydrogen) atoms. The Morgan fingerprint density at radius 3 is 3.07 bits per heavy atom. The van der Waals surface area contributed by atoms with Gasteiger partial charge < -0.3 is 4.74 Å². The van der Waals surface area contributed by atoms with Crippen molar-refractivity contribution in [3.63, 3.8) is 0 Å². The van der Waals surface area contributed by atoms with Gasteiger partial charge >= 0.3 is 5.97 Å². The minimum atomic E-state index is -0.370. The molecule has 2 heterocycles. The number of aromatic nitrogens is 2. The van der Waals surface area contributed by atoms with E-state index in [1.54, 1.807) is 17.6 Å². The van der Waals surface area contributed by atoms with Crippen LogP contribution >= 0.6 is 22.6 Å². The van der Waals surface area contributed by atoms with Crippen LogP contribution in [0.1, 0.15) is 17.4 Å². The second-order valence-electron chi connectivity index (χ2n) is 2.91. The number of hydrogen-bond donors (Lipinski definition) is 0. The molecule has 4 nitrogen and oxygen atoms in total. The predicted molar refractivity (Wildman–Crippen MR) is 63.9 cm³/mol. The van der Waals surface area contributed by atoms with E-state index >= 15 is 0 Å². The molecule has 0 aliphatic rings. The third-order valence-electron chi connectivity index (χ3n) is 1.95. The Morgan fingerprint density at radius 2 is 2.40 bits per heavy atom. The van der Waals surface area contributed by atoms with Crippen LogP contribution < -0.4 is 0 Å². The van der Waals surface area contributed by atoms with E-state index in [0.29, 0.717) is 12.3 Å². The standard InChI is InChI=1S/C10H9IN2O2/c1-2-15-10(14)9-8(11)7-5-3-4-6-13(7)12-9/h3-6H,2H2,1H3. The summed E-state index contributed by atoms with van der Waals surface area (Å²) in [5.74, 6) is -0.370. The van der Waals surface area contributed by atoms with Crippen molar-refractivity contribution in [1.82, 2.24) is 9.61 Å². The number of pyridine rings is 1. The Balaban J connectivity index is 2.53. The van der Waals surface area contributed by atoms with Crippen LogP contribution in [-0.2, 0) is 4.74 Å². The number of nitrogens with zero attached hydrogens (tertiary/aromatic N) is 2. The van der Waals surface area contributed by atoms with Gasteiger partial charge in [-0.1, -0.05) is 6.07 Å². The van der Waals surface area contributed by atoms with Crippen molar-refractivity contribution in [2.75, 3.05) is 6.61 Å². The van der Waals surface area contributed by atoms with Crippen LogP contribution in [0.2, 0.25) is 0 Å². The van der Waals surface area contributed by atoms with Crippen molar-refractivity contribution in [2.24, 2.45) is 0 Å². The number of halogens is 1. The van der Waals surface area contributed by atoms with Crippen LogP contribution in [-0.4, -0.2) is 22.2 Å². The lowest BCUT2D eigenvalue weighted by Gasteiger charge is -1.96. The highest BCUT2D eigenvalue weighted by Crippen LogP contribution is 2.18. The first kappa shape index (κ1) is 10.4. The van der Waals surface area contributed by atoms with Gasteiger partial charge in [-0.3, -0.25) is 0 Å². The Labute approximate surface area is 100 Å². The summed E-state index contributed by atoms with van der Waals surface area (Å²) in [4.78, 5) is 11.5. The summed E-state index contributed by atoms with van der Waals surface area (Å²) >= 11 is 2.10. The maximum atomic E-state index is 11.5. The molecular weight excluding hydrogens is 307 g/mol. The first-order chi connectivity index (χ1) is 7.24. The lowest BCUT2D eigenvalue weighted by molar-refractivity contribution is 0.0518. The topological polar surface area (TPSA) is 43.6 Å². The SMILES string of the molecule is CCOC(=O)c1nn2ccccc2c1I. The van der Waals surface area contributed by atoms with Gasteiger partial charge in [0.05, 0.1) is 15.7 Å². The Kier molecular flexibility index (Phi) is 2.90. The van der Waals surface area contributed by atoms with Crippen molar-refractivity contribution in [3.8, 4) is 0 Å². The second kappa shape index (κ2) is 4.18. The number of fused-ring (bicyclic) bond motifs is 1. The van der Waals surface area contributed by atoms with Gasteiger partial charge in [-0.15, -0.1) is 0 Å². The van der Waals surface area contributed by atoms with Gasteiger partial charge in [0.25, 0.3) is 0 Å². The maximum absolute atomic E-state index is 11.5. The zero-order chi connectivity index (χ0) is 10.8. The first-order valence-electron chi connectivity index (χ1n) is 4.54. The zero-order valence-corrected chi connectivity index (χ0v) is 10.3. The molecular formula is C10H9IN2O2. The number of carbonyl (C=O) groups is 1. The molecule has 2 rings (SSSR count). The minimum Gasteiger partial charge on any atom is -0.461 e. The molecule has 0 fully saturated rings. The van der Waals surface area contributed by atoms with Crippen molar-refractivity contribution in [1.29, 1.82) is 0 Å². The third-order valence-corrected chi connectivity index (χ3v) is 3.01. The highest BCUT2D eigenvalue weighted by molar-refractivity contribution is 14.1. The summed E-state index contributed by atoms with van der Waals surface area (Å²) < 4.78 is 7.42. The molecule has 0 aliphatic heterocycles. The summed E-state index contributed by atoms with van der Waals surface area (Å²) in [6.45, 7) is 2.14. The van der Waals surface area contributed by atoms with Gasteiger partial charge in [0, 0.05) is 6.20 Å². The molecule has 0 radical (unpaired) electrons. The van der Waals surface area contributed by atoms with Crippen LogP contribution in [0.5, 0.6) is 0 Å². The van der Waals surface area contributed by atoms with Crippen molar-refractivity contribution in [2.45, 2.75) is 6.92 Å². The average Bonchev–Trinajstić information content (AvgIpc) is 2.57. The molecule has 0 aliphatic carbocycles. The third kappa shape index (κ3) is 1.83. The number of esters is 1. The summed E-state index contributed by atoms with van der Waals surface area (Å²) in [5, 5.41) is 4.17. The van der Waals surface area contributed by atoms with Crippen LogP contribution in [0.15, 0.2) is 24.4 Å². The van der Waals surface area contributed by atoms with Gasteiger partial charge in [0.2, 0.25) is 0 Å². The van der Waals surface area contributed by atoms with E-state index in [1.807, 2.05) is 18.2 Å². The molecule has 0 aromatic carbocycles.